The summed E-state index contributed by atoms with van der Waals surface area (Å²) in [6.45, 7) is 8.65. The molecule has 1 aliphatic carbocycles. The molecule has 0 heterocycles. The lowest BCUT2D eigenvalue weighted by Crippen LogP contribution is -2.42. The highest BCUT2D eigenvalue weighted by Crippen LogP contribution is 2.15. The summed E-state index contributed by atoms with van der Waals surface area (Å²) in [5.41, 5.74) is 1.16. The molecule has 0 aromatic heterocycles. The van der Waals surface area contributed by atoms with Gasteiger partial charge in [0.1, 0.15) is 5.75 Å². The Morgan fingerprint density at radius 2 is 2.09 bits per heavy atom. The quantitative estimate of drug-likeness (QED) is 0.460. The van der Waals surface area contributed by atoms with E-state index in [9.17, 15) is 0 Å². The van der Waals surface area contributed by atoms with Crippen LogP contribution in [-0.4, -0.2) is 25.2 Å². The van der Waals surface area contributed by atoms with E-state index in [-0.39, 0.29) is 0 Å². The first-order valence-corrected chi connectivity index (χ1v) is 8.59. The number of rotatable bonds is 7. The van der Waals surface area contributed by atoms with Crippen molar-refractivity contribution in [3.63, 3.8) is 0 Å². The molecule has 2 rings (SSSR count). The van der Waals surface area contributed by atoms with Crippen LogP contribution in [0.15, 0.2) is 41.4 Å². The number of hydrogen-bond donors (Lipinski definition) is 2. The van der Waals surface area contributed by atoms with Gasteiger partial charge >= 0.3 is 0 Å². The van der Waals surface area contributed by atoms with Gasteiger partial charge in [0.25, 0.3) is 0 Å². The molecule has 0 amide bonds. The molecule has 126 valence electrons. The second kappa shape index (κ2) is 9.23. The van der Waals surface area contributed by atoms with Gasteiger partial charge in [-0.2, -0.15) is 0 Å². The molecule has 0 radical (unpaired) electrons. The number of aliphatic imine (C=N–C) groups is 1. The molecule has 23 heavy (non-hydrogen) atoms. The molecule has 0 unspecified atom stereocenters. The number of benzene rings is 1. The van der Waals surface area contributed by atoms with Crippen LogP contribution in [0.25, 0.3) is 0 Å². The van der Waals surface area contributed by atoms with Gasteiger partial charge in [0.2, 0.25) is 0 Å². The van der Waals surface area contributed by atoms with E-state index < -0.39 is 0 Å². The van der Waals surface area contributed by atoms with Crippen LogP contribution >= 0.6 is 0 Å². The van der Waals surface area contributed by atoms with Crippen LogP contribution in [0.5, 0.6) is 5.75 Å². The Hall–Kier alpha value is -1.97. The largest absolute Gasteiger partial charge is 0.493 e. The van der Waals surface area contributed by atoms with Gasteiger partial charge in [0, 0.05) is 12.6 Å². The zero-order valence-electron chi connectivity index (χ0n) is 14.5. The van der Waals surface area contributed by atoms with E-state index in [1.54, 1.807) is 0 Å². The molecule has 0 saturated heterocycles. The first kappa shape index (κ1) is 17.4. The lowest BCUT2D eigenvalue weighted by molar-refractivity contribution is 0.271. The summed E-state index contributed by atoms with van der Waals surface area (Å²) in [6.07, 6.45) is 6.58. The number of guanidine groups is 1. The van der Waals surface area contributed by atoms with Crippen molar-refractivity contribution in [3.8, 4) is 5.75 Å². The van der Waals surface area contributed by atoms with Crippen molar-refractivity contribution in [3.05, 3.63) is 42.0 Å². The smallest absolute Gasteiger partial charge is 0.191 e. The summed E-state index contributed by atoms with van der Waals surface area (Å²) < 4.78 is 5.78. The third-order valence-corrected chi connectivity index (χ3v) is 3.59. The number of ether oxygens (including phenoxy) is 1. The van der Waals surface area contributed by atoms with Crippen molar-refractivity contribution in [2.45, 2.75) is 46.2 Å². The van der Waals surface area contributed by atoms with E-state index in [1.165, 1.54) is 0 Å². The van der Waals surface area contributed by atoms with Crippen molar-refractivity contribution in [1.82, 2.24) is 10.6 Å². The van der Waals surface area contributed by atoms with E-state index in [1.807, 2.05) is 12.1 Å². The fourth-order valence-corrected chi connectivity index (χ4v) is 2.42. The average Bonchev–Trinajstić information content (AvgIpc) is 3.04. The minimum absolute atomic E-state index is 0.466. The maximum Gasteiger partial charge on any atom is 0.191 e. The van der Waals surface area contributed by atoms with Gasteiger partial charge in [-0.05, 0) is 43.4 Å². The molecule has 0 aliphatic heterocycles. The van der Waals surface area contributed by atoms with E-state index in [0.29, 0.717) is 18.5 Å². The van der Waals surface area contributed by atoms with Gasteiger partial charge in [-0.25, -0.2) is 4.99 Å². The average molecular weight is 315 g/mol. The Morgan fingerprint density at radius 3 is 2.78 bits per heavy atom. The van der Waals surface area contributed by atoms with Gasteiger partial charge in [0.05, 0.1) is 13.2 Å². The second-order valence-electron chi connectivity index (χ2n) is 6.33. The predicted molar refractivity (Wildman–Crippen MR) is 96.9 cm³/mol. The Balaban J connectivity index is 1.93. The maximum atomic E-state index is 5.78. The predicted octanol–water partition coefficient (Wildman–Crippen LogP) is 3.50. The highest BCUT2D eigenvalue weighted by Gasteiger charge is 2.11. The summed E-state index contributed by atoms with van der Waals surface area (Å²) in [6, 6.07) is 8.66. The summed E-state index contributed by atoms with van der Waals surface area (Å²) in [5, 5.41) is 6.80. The third kappa shape index (κ3) is 6.35. The maximum absolute atomic E-state index is 5.78. The summed E-state index contributed by atoms with van der Waals surface area (Å²) in [5.74, 6) is 2.33. The minimum atomic E-state index is 0.466. The standard InChI is InChI=1S/C19H29N3O/c1-4-20-19(22-17-9-5-6-10-17)21-13-16-8-7-11-18(12-16)23-14-15(2)3/h5-8,11-12,15,17H,4,9-10,13-14H2,1-3H3,(H2,20,21,22). The highest BCUT2D eigenvalue weighted by atomic mass is 16.5. The fraction of sp³-hybridized carbons (Fsp3) is 0.526. The minimum Gasteiger partial charge on any atom is -0.493 e. The molecule has 1 aliphatic rings. The summed E-state index contributed by atoms with van der Waals surface area (Å²) in [7, 11) is 0. The molecule has 1 aromatic rings. The van der Waals surface area contributed by atoms with Gasteiger partial charge in [-0.3, -0.25) is 0 Å². The molecule has 4 heteroatoms. The van der Waals surface area contributed by atoms with Crippen LogP contribution in [0.2, 0.25) is 0 Å². The highest BCUT2D eigenvalue weighted by molar-refractivity contribution is 5.80. The van der Waals surface area contributed by atoms with Crippen LogP contribution in [0.3, 0.4) is 0 Å². The van der Waals surface area contributed by atoms with Gasteiger partial charge < -0.3 is 15.4 Å². The fourth-order valence-electron chi connectivity index (χ4n) is 2.42. The van der Waals surface area contributed by atoms with Crippen LogP contribution < -0.4 is 15.4 Å². The Kier molecular flexibility index (Phi) is 6.98. The first-order chi connectivity index (χ1) is 11.2. The lowest BCUT2D eigenvalue weighted by atomic mass is 10.2. The summed E-state index contributed by atoms with van der Waals surface area (Å²) >= 11 is 0. The Labute approximate surface area is 140 Å². The Morgan fingerprint density at radius 1 is 1.30 bits per heavy atom. The molecule has 0 spiro atoms. The van der Waals surface area contributed by atoms with E-state index in [2.05, 4.69) is 55.7 Å². The number of hydrogen-bond acceptors (Lipinski definition) is 2. The van der Waals surface area contributed by atoms with Crippen LogP contribution in [-0.2, 0) is 6.54 Å². The van der Waals surface area contributed by atoms with E-state index in [0.717, 1.165) is 43.3 Å². The Bertz CT molecular complexity index is 529. The second-order valence-corrected chi connectivity index (χ2v) is 6.33. The van der Waals surface area contributed by atoms with Gasteiger partial charge in [0.15, 0.2) is 5.96 Å². The van der Waals surface area contributed by atoms with Crippen molar-refractivity contribution in [1.29, 1.82) is 0 Å². The normalized spacial score (nSPS) is 15.2. The van der Waals surface area contributed by atoms with Crippen molar-refractivity contribution in [2.75, 3.05) is 13.2 Å². The zero-order valence-corrected chi connectivity index (χ0v) is 14.5. The van der Waals surface area contributed by atoms with E-state index in [4.69, 9.17) is 9.73 Å². The van der Waals surface area contributed by atoms with Crippen LogP contribution in [0.4, 0.5) is 0 Å². The molecule has 0 fully saturated rings. The van der Waals surface area contributed by atoms with Gasteiger partial charge in [-0.15, -0.1) is 0 Å². The molecule has 2 N–H and O–H groups in total. The first-order valence-electron chi connectivity index (χ1n) is 8.59. The van der Waals surface area contributed by atoms with Crippen molar-refractivity contribution in [2.24, 2.45) is 10.9 Å². The molecule has 0 saturated carbocycles. The molecule has 4 nitrogen and oxygen atoms in total. The lowest BCUT2D eigenvalue weighted by Gasteiger charge is -2.16. The molecule has 1 aromatic carbocycles. The van der Waals surface area contributed by atoms with Crippen LogP contribution in [0.1, 0.15) is 39.2 Å². The molecular formula is C19H29N3O. The SMILES string of the molecule is CCNC(=NCc1cccc(OCC(C)C)c1)NC1CC=CC1. The van der Waals surface area contributed by atoms with Crippen molar-refractivity contribution < 1.29 is 4.74 Å². The monoisotopic (exact) mass is 315 g/mol. The zero-order chi connectivity index (χ0) is 16.5. The van der Waals surface area contributed by atoms with Gasteiger partial charge in [-0.1, -0.05) is 38.1 Å². The van der Waals surface area contributed by atoms with E-state index >= 15 is 0 Å². The van der Waals surface area contributed by atoms with Crippen molar-refractivity contribution >= 4 is 5.96 Å². The molecule has 0 bridgehead atoms. The number of nitrogens with one attached hydrogen (secondary N) is 2. The topological polar surface area (TPSA) is 45.7 Å². The number of nitrogens with zero attached hydrogens (tertiary/aromatic N) is 1. The summed E-state index contributed by atoms with van der Waals surface area (Å²) in [4.78, 5) is 4.69. The molecule has 0 atom stereocenters. The van der Waals surface area contributed by atoms with Crippen LogP contribution in [0, 0.1) is 5.92 Å². The molecular weight excluding hydrogens is 286 g/mol. The third-order valence-electron chi connectivity index (χ3n) is 3.59.